The molecule has 4 aliphatic rings. The summed E-state index contributed by atoms with van der Waals surface area (Å²) in [4.78, 5) is 25.1. The van der Waals surface area contributed by atoms with Gasteiger partial charge in [0, 0.05) is 0 Å². The number of carbonyl (C=O) groups is 2. The average molecular weight is 474 g/mol. The number of carbonyl (C=O) groups excluding carboxylic acids is 2. The highest BCUT2D eigenvalue weighted by molar-refractivity contribution is 7.89. The van der Waals surface area contributed by atoms with Crippen molar-refractivity contribution in [2.24, 2.45) is 23.2 Å². The van der Waals surface area contributed by atoms with Crippen molar-refractivity contribution in [2.45, 2.75) is 56.4 Å². The highest BCUT2D eigenvalue weighted by atomic mass is 35.5. The van der Waals surface area contributed by atoms with Crippen molar-refractivity contribution in [3.8, 4) is 0 Å². The monoisotopic (exact) mass is 473 g/mol. The molecule has 0 aliphatic heterocycles. The Bertz CT molecular complexity index is 927. The quantitative estimate of drug-likeness (QED) is 0.571. The van der Waals surface area contributed by atoms with Crippen molar-refractivity contribution in [3.05, 3.63) is 28.2 Å². The molecule has 4 saturated carbocycles. The number of benzene rings is 1. The zero-order valence-electron chi connectivity index (χ0n) is 16.6. The molecular formula is C20H25Cl2N3O4S. The fourth-order valence-corrected chi connectivity index (χ4v) is 8.18. The average Bonchev–Trinajstić information content (AvgIpc) is 2.63. The maximum Gasteiger partial charge on any atom is 0.256 e. The molecule has 2 amide bonds. The minimum Gasteiger partial charge on any atom is -0.273 e. The lowest BCUT2D eigenvalue weighted by atomic mass is 9.49. The van der Waals surface area contributed by atoms with Gasteiger partial charge in [0.25, 0.3) is 5.91 Å². The number of sulfonamides is 1. The third-order valence-electron chi connectivity index (χ3n) is 6.73. The van der Waals surface area contributed by atoms with E-state index in [0.29, 0.717) is 17.8 Å². The second-order valence-electron chi connectivity index (χ2n) is 9.04. The number of rotatable bonds is 5. The molecular weight excluding hydrogens is 449 g/mol. The maximum atomic E-state index is 12.9. The van der Waals surface area contributed by atoms with E-state index >= 15 is 0 Å². The van der Waals surface area contributed by atoms with Gasteiger partial charge in [-0.2, -0.15) is 4.72 Å². The molecule has 0 spiro atoms. The summed E-state index contributed by atoms with van der Waals surface area (Å²) in [6, 6.07) is 3.19. The van der Waals surface area contributed by atoms with Crippen LogP contribution in [0.3, 0.4) is 0 Å². The van der Waals surface area contributed by atoms with Gasteiger partial charge in [-0.25, -0.2) is 8.42 Å². The molecule has 1 aromatic rings. The first-order chi connectivity index (χ1) is 14.1. The zero-order valence-corrected chi connectivity index (χ0v) is 18.9. The maximum absolute atomic E-state index is 12.9. The highest BCUT2D eigenvalue weighted by Gasteiger charge is 2.54. The van der Waals surface area contributed by atoms with E-state index in [4.69, 9.17) is 23.2 Å². The standard InChI is InChI=1S/C20H25Cl2N3O4S/c1-11(25-30(28,29)17-15(21)3-2-4-16(17)22)18(26)23-24-19(27)20-8-12-5-13(9-20)7-14(6-12)10-20/h2-4,11-14,25H,5-10H2,1H3,(H,23,26)(H,24,27)/t11-,12?,13?,14?,20?/m1/s1. The van der Waals surface area contributed by atoms with E-state index in [1.165, 1.54) is 44.4 Å². The van der Waals surface area contributed by atoms with E-state index in [1.54, 1.807) is 0 Å². The third-order valence-corrected chi connectivity index (χ3v) is 9.23. The number of hydrazine groups is 1. The van der Waals surface area contributed by atoms with Crippen LogP contribution in [0.4, 0.5) is 0 Å². The first-order valence-electron chi connectivity index (χ1n) is 10.2. The van der Waals surface area contributed by atoms with Crippen LogP contribution in [-0.4, -0.2) is 26.3 Å². The van der Waals surface area contributed by atoms with Crippen LogP contribution < -0.4 is 15.6 Å². The summed E-state index contributed by atoms with van der Waals surface area (Å²) in [7, 11) is -4.13. The van der Waals surface area contributed by atoms with Crippen LogP contribution in [0.15, 0.2) is 23.1 Å². The largest absolute Gasteiger partial charge is 0.273 e. The zero-order chi connectivity index (χ0) is 21.7. The fraction of sp³-hybridized carbons (Fsp3) is 0.600. The van der Waals surface area contributed by atoms with Gasteiger partial charge in [0.05, 0.1) is 21.5 Å². The Kier molecular flexibility index (Phi) is 5.81. The molecule has 1 aromatic carbocycles. The van der Waals surface area contributed by atoms with Crippen LogP contribution in [0.5, 0.6) is 0 Å². The topological polar surface area (TPSA) is 104 Å². The van der Waals surface area contributed by atoms with Gasteiger partial charge in [-0.3, -0.25) is 20.4 Å². The van der Waals surface area contributed by atoms with E-state index in [1.807, 2.05) is 0 Å². The summed E-state index contributed by atoms with van der Waals surface area (Å²) >= 11 is 11.9. The van der Waals surface area contributed by atoms with Crippen molar-refractivity contribution in [1.82, 2.24) is 15.6 Å². The minimum atomic E-state index is -4.13. The molecule has 0 radical (unpaired) electrons. The number of halogens is 2. The van der Waals surface area contributed by atoms with Crippen molar-refractivity contribution < 1.29 is 18.0 Å². The normalized spacial score (nSPS) is 30.7. The predicted molar refractivity (Wildman–Crippen MR) is 113 cm³/mol. The lowest BCUT2D eigenvalue weighted by Gasteiger charge is -2.55. The van der Waals surface area contributed by atoms with Crippen molar-refractivity contribution in [2.75, 3.05) is 0 Å². The number of hydrogen-bond acceptors (Lipinski definition) is 4. The van der Waals surface area contributed by atoms with E-state index in [0.717, 1.165) is 19.3 Å². The van der Waals surface area contributed by atoms with Gasteiger partial charge in [-0.15, -0.1) is 0 Å². The predicted octanol–water partition coefficient (Wildman–Crippen LogP) is 3.02. The van der Waals surface area contributed by atoms with Gasteiger partial charge >= 0.3 is 0 Å². The first kappa shape index (κ1) is 21.9. The summed E-state index contributed by atoms with van der Waals surface area (Å²) in [6.45, 7) is 1.38. The molecule has 164 valence electrons. The van der Waals surface area contributed by atoms with Gasteiger partial charge in [0.15, 0.2) is 0 Å². The lowest BCUT2D eigenvalue weighted by Crippen LogP contribution is -2.58. The molecule has 4 fully saturated rings. The molecule has 4 bridgehead atoms. The Morgan fingerprint density at radius 2 is 1.50 bits per heavy atom. The summed E-state index contributed by atoms with van der Waals surface area (Å²) < 4.78 is 27.5. The third kappa shape index (κ3) is 4.07. The molecule has 0 aromatic heterocycles. The van der Waals surface area contributed by atoms with Gasteiger partial charge in [0.2, 0.25) is 15.9 Å². The van der Waals surface area contributed by atoms with Gasteiger partial charge in [-0.1, -0.05) is 29.3 Å². The Balaban J connectivity index is 1.37. The summed E-state index contributed by atoms with van der Waals surface area (Å²) in [5, 5.41) is -0.0875. The van der Waals surface area contributed by atoms with Crippen LogP contribution in [-0.2, 0) is 19.6 Å². The van der Waals surface area contributed by atoms with E-state index in [9.17, 15) is 18.0 Å². The fourth-order valence-electron chi connectivity index (χ4n) is 5.83. The van der Waals surface area contributed by atoms with Crippen molar-refractivity contribution in [1.29, 1.82) is 0 Å². The van der Waals surface area contributed by atoms with Crippen LogP contribution in [0.2, 0.25) is 10.0 Å². The van der Waals surface area contributed by atoms with E-state index in [-0.39, 0.29) is 20.8 Å². The molecule has 3 N–H and O–H groups in total. The number of amides is 2. The van der Waals surface area contributed by atoms with Gasteiger partial charge in [0.1, 0.15) is 4.90 Å². The highest BCUT2D eigenvalue weighted by Crippen LogP contribution is 2.60. The second-order valence-corrected chi connectivity index (χ2v) is 11.5. The molecule has 0 unspecified atom stereocenters. The Morgan fingerprint density at radius 3 is 2.00 bits per heavy atom. The Labute approximate surface area is 186 Å². The molecule has 10 heteroatoms. The summed E-state index contributed by atoms with van der Waals surface area (Å²) in [5.41, 5.74) is 4.52. The van der Waals surface area contributed by atoms with Crippen LogP contribution in [0, 0.1) is 23.2 Å². The molecule has 7 nitrogen and oxygen atoms in total. The van der Waals surface area contributed by atoms with E-state index < -0.39 is 27.4 Å². The smallest absolute Gasteiger partial charge is 0.256 e. The van der Waals surface area contributed by atoms with Gasteiger partial charge in [-0.05, 0) is 75.3 Å². The Hall–Kier alpha value is -1.35. The molecule has 1 atom stereocenters. The van der Waals surface area contributed by atoms with Crippen LogP contribution in [0.1, 0.15) is 45.4 Å². The molecule has 30 heavy (non-hydrogen) atoms. The van der Waals surface area contributed by atoms with Crippen molar-refractivity contribution in [3.63, 3.8) is 0 Å². The molecule has 5 rings (SSSR count). The van der Waals surface area contributed by atoms with Crippen molar-refractivity contribution >= 4 is 45.0 Å². The van der Waals surface area contributed by atoms with E-state index in [2.05, 4.69) is 15.6 Å². The number of nitrogens with one attached hydrogen (secondary N) is 3. The summed E-state index contributed by atoms with van der Waals surface area (Å²) in [5.74, 6) is 0.968. The SMILES string of the molecule is C[C@@H](NS(=O)(=O)c1c(Cl)cccc1Cl)C(=O)NNC(=O)C12CC3CC(CC(C3)C1)C2. The second kappa shape index (κ2) is 7.97. The Morgan fingerprint density at radius 1 is 1.00 bits per heavy atom. The first-order valence-corrected chi connectivity index (χ1v) is 12.4. The molecule has 4 aliphatic carbocycles. The lowest BCUT2D eigenvalue weighted by molar-refractivity contribution is -0.149. The number of hydrogen-bond donors (Lipinski definition) is 3. The minimum absolute atomic E-state index is 0.0438. The molecule has 0 heterocycles. The van der Waals surface area contributed by atoms with Crippen LogP contribution >= 0.6 is 23.2 Å². The summed E-state index contributed by atoms with van der Waals surface area (Å²) in [6.07, 6.45) is 6.24. The van der Waals surface area contributed by atoms with Gasteiger partial charge < -0.3 is 0 Å². The van der Waals surface area contributed by atoms with Crippen LogP contribution in [0.25, 0.3) is 0 Å². The molecule has 0 saturated heterocycles.